The van der Waals surface area contributed by atoms with Crippen LogP contribution in [0.4, 0.5) is 0 Å². The predicted octanol–water partition coefficient (Wildman–Crippen LogP) is 7.93. The molecule has 0 amide bonds. The molecule has 0 saturated heterocycles. The van der Waals surface area contributed by atoms with Crippen molar-refractivity contribution in [2.75, 3.05) is 14.1 Å². The molecule has 170 valence electrons. The minimum Gasteiger partial charge on any atom is -0.286 e. The van der Waals surface area contributed by atoms with Crippen molar-refractivity contribution in [3.8, 4) is 0 Å². The second-order valence-corrected chi connectivity index (χ2v) is 9.96. The highest BCUT2D eigenvalue weighted by Crippen LogP contribution is 2.31. The molecule has 0 N–H and O–H groups in total. The molecule has 2 heteroatoms. The Morgan fingerprint density at radius 3 is 1.00 bits per heavy atom. The summed E-state index contributed by atoms with van der Waals surface area (Å²) in [4.78, 5) is 9.28. The Hall–Kier alpha value is -2.74. The van der Waals surface area contributed by atoms with Crippen molar-refractivity contribution in [1.82, 2.24) is 0 Å². The summed E-state index contributed by atoms with van der Waals surface area (Å²) in [6.45, 7) is 17.4. The monoisotopic (exact) mass is 428 g/mol. The van der Waals surface area contributed by atoms with Crippen LogP contribution >= 0.6 is 0 Å². The standard InChI is InChI=1S/C28H34N2.C2H6/c1-27(2,3)21-13-9-19(10-14-21)23-17-18-24(26(30-8)25(23)29-7)20-11-15-22(16-12-20)28(4,5)6;1-2/h9-18H,1-8H3;1-2H3. The fourth-order valence-corrected chi connectivity index (χ4v) is 3.80. The molecule has 3 rings (SSSR count). The van der Waals surface area contributed by atoms with Crippen LogP contribution < -0.4 is 0 Å². The van der Waals surface area contributed by atoms with Gasteiger partial charge in [0.15, 0.2) is 0 Å². The molecule has 0 aromatic heterocycles. The highest BCUT2D eigenvalue weighted by atomic mass is 14.8. The molecule has 0 spiro atoms. The van der Waals surface area contributed by atoms with Gasteiger partial charge in [-0.25, -0.2) is 0 Å². The first-order chi connectivity index (χ1) is 15.1. The maximum atomic E-state index is 4.64. The van der Waals surface area contributed by atoms with Gasteiger partial charge in [0.05, 0.1) is 11.4 Å². The predicted molar refractivity (Wildman–Crippen MR) is 144 cm³/mol. The van der Waals surface area contributed by atoms with Crippen LogP contribution in [0.15, 0.2) is 70.7 Å². The van der Waals surface area contributed by atoms with Gasteiger partial charge in [0.1, 0.15) is 0 Å². The first-order valence-corrected chi connectivity index (χ1v) is 11.6. The van der Waals surface area contributed by atoms with E-state index in [1.807, 2.05) is 27.9 Å². The maximum Gasteiger partial charge on any atom is 0.0907 e. The van der Waals surface area contributed by atoms with E-state index < -0.39 is 0 Å². The van der Waals surface area contributed by atoms with Crippen LogP contribution in [-0.4, -0.2) is 25.5 Å². The topological polar surface area (TPSA) is 24.7 Å². The molecule has 32 heavy (non-hydrogen) atoms. The van der Waals surface area contributed by atoms with E-state index >= 15 is 0 Å². The van der Waals surface area contributed by atoms with Crippen molar-refractivity contribution >= 4 is 22.6 Å². The fourth-order valence-electron chi connectivity index (χ4n) is 3.80. The summed E-state index contributed by atoms with van der Waals surface area (Å²) in [6, 6.07) is 17.7. The van der Waals surface area contributed by atoms with E-state index in [1.165, 1.54) is 22.3 Å². The van der Waals surface area contributed by atoms with Crippen molar-refractivity contribution < 1.29 is 0 Å². The molecule has 2 aromatic carbocycles. The molecule has 2 nitrogen and oxygen atoms in total. The summed E-state index contributed by atoms with van der Waals surface area (Å²) in [7, 11) is 3.70. The Kier molecular flexibility index (Phi) is 8.18. The molecule has 0 radical (unpaired) electrons. The van der Waals surface area contributed by atoms with Crippen LogP contribution in [0.3, 0.4) is 0 Å². The molecule has 0 atom stereocenters. The minimum absolute atomic E-state index is 0.142. The van der Waals surface area contributed by atoms with Gasteiger partial charge in [-0.05, 0) is 33.1 Å². The summed E-state index contributed by atoms with van der Waals surface area (Å²) in [5, 5.41) is 0. The molecular formula is C30H40N2. The molecule has 0 bridgehead atoms. The Morgan fingerprint density at radius 1 is 0.500 bits per heavy atom. The molecule has 0 saturated carbocycles. The van der Waals surface area contributed by atoms with Crippen LogP contribution in [0.25, 0.3) is 11.1 Å². The molecule has 1 aliphatic rings. The number of nitrogens with zero attached hydrogens (tertiary/aromatic N) is 2. The van der Waals surface area contributed by atoms with Crippen LogP contribution in [0.5, 0.6) is 0 Å². The lowest BCUT2D eigenvalue weighted by Crippen LogP contribution is -2.21. The van der Waals surface area contributed by atoms with Crippen molar-refractivity contribution in [2.45, 2.75) is 66.2 Å². The lowest BCUT2D eigenvalue weighted by molar-refractivity contribution is 0.590. The molecule has 2 aromatic rings. The first kappa shape index (κ1) is 25.5. The summed E-state index contributed by atoms with van der Waals surface area (Å²) >= 11 is 0. The lowest BCUT2D eigenvalue weighted by Gasteiger charge is -2.23. The molecule has 1 aliphatic carbocycles. The van der Waals surface area contributed by atoms with Gasteiger partial charge >= 0.3 is 0 Å². The average molecular weight is 429 g/mol. The number of aliphatic imine (C=N–C) groups is 2. The smallest absolute Gasteiger partial charge is 0.0907 e. The van der Waals surface area contributed by atoms with Crippen LogP contribution in [0.2, 0.25) is 0 Å². The van der Waals surface area contributed by atoms with E-state index in [1.54, 1.807) is 0 Å². The maximum absolute atomic E-state index is 4.64. The van der Waals surface area contributed by atoms with E-state index in [9.17, 15) is 0 Å². The van der Waals surface area contributed by atoms with Gasteiger partial charge in [0.25, 0.3) is 0 Å². The van der Waals surface area contributed by atoms with Crippen LogP contribution in [-0.2, 0) is 10.8 Å². The van der Waals surface area contributed by atoms with E-state index in [-0.39, 0.29) is 10.8 Å². The Balaban J connectivity index is 0.00000176. The summed E-state index contributed by atoms with van der Waals surface area (Å²) in [5.74, 6) is 0. The van der Waals surface area contributed by atoms with Crippen molar-refractivity contribution in [3.63, 3.8) is 0 Å². The Morgan fingerprint density at radius 2 is 0.781 bits per heavy atom. The number of allylic oxidation sites excluding steroid dienone is 4. The zero-order valence-corrected chi connectivity index (χ0v) is 21.7. The van der Waals surface area contributed by atoms with E-state index in [0.29, 0.717) is 0 Å². The van der Waals surface area contributed by atoms with Gasteiger partial charge in [-0.1, -0.05) is 116 Å². The van der Waals surface area contributed by atoms with Gasteiger partial charge < -0.3 is 0 Å². The highest BCUT2D eigenvalue weighted by molar-refractivity contribution is 6.69. The van der Waals surface area contributed by atoms with Gasteiger partial charge in [-0.15, -0.1) is 0 Å². The van der Waals surface area contributed by atoms with Crippen molar-refractivity contribution in [3.05, 3.63) is 82.9 Å². The van der Waals surface area contributed by atoms with E-state index in [4.69, 9.17) is 0 Å². The quantitative estimate of drug-likeness (QED) is 0.434. The van der Waals surface area contributed by atoms with Gasteiger partial charge in [-0.3, -0.25) is 9.98 Å². The van der Waals surface area contributed by atoms with Crippen molar-refractivity contribution in [2.24, 2.45) is 9.98 Å². The van der Waals surface area contributed by atoms with Crippen LogP contribution in [0.1, 0.15) is 77.6 Å². The highest BCUT2D eigenvalue weighted by Gasteiger charge is 2.24. The van der Waals surface area contributed by atoms with Crippen LogP contribution in [0, 0.1) is 0 Å². The Bertz CT molecular complexity index is 942. The second kappa shape index (κ2) is 10.3. The molecular weight excluding hydrogens is 388 g/mol. The number of hydrogen-bond donors (Lipinski definition) is 0. The third-order valence-corrected chi connectivity index (χ3v) is 5.72. The van der Waals surface area contributed by atoms with E-state index in [0.717, 1.165) is 22.6 Å². The number of hydrogen-bond acceptors (Lipinski definition) is 2. The molecule has 0 fully saturated rings. The fraction of sp³-hybridized carbons (Fsp3) is 0.400. The summed E-state index contributed by atoms with van der Waals surface area (Å²) in [6.07, 6.45) is 4.35. The number of benzene rings is 2. The summed E-state index contributed by atoms with van der Waals surface area (Å²) < 4.78 is 0. The largest absolute Gasteiger partial charge is 0.286 e. The first-order valence-electron chi connectivity index (χ1n) is 11.6. The van der Waals surface area contributed by atoms with Gasteiger partial charge in [0, 0.05) is 25.2 Å². The Labute approximate surface area is 195 Å². The number of rotatable bonds is 2. The van der Waals surface area contributed by atoms with Gasteiger partial charge in [0.2, 0.25) is 0 Å². The zero-order valence-electron chi connectivity index (χ0n) is 21.7. The molecule has 0 aliphatic heterocycles. The van der Waals surface area contributed by atoms with E-state index in [2.05, 4.69) is 112 Å². The zero-order chi connectivity index (χ0) is 24.1. The average Bonchev–Trinajstić information content (AvgIpc) is 2.78. The lowest BCUT2D eigenvalue weighted by atomic mass is 9.82. The SMILES string of the molecule is CC.CN=C1C(c2ccc(C(C)(C)C)cc2)=CC=C(c2ccc(C(C)(C)C)cc2)C1=NC. The summed E-state index contributed by atoms with van der Waals surface area (Å²) in [5.41, 5.74) is 9.41. The molecule has 0 heterocycles. The minimum atomic E-state index is 0.142. The normalized spacial score (nSPS) is 16.9. The van der Waals surface area contributed by atoms with Crippen molar-refractivity contribution in [1.29, 1.82) is 0 Å². The third-order valence-electron chi connectivity index (χ3n) is 5.72. The third kappa shape index (κ3) is 5.54. The second-order valence-electron chi connectivity index (χ2n) is 9.96. The van der Waals surface area contributed by atoms with Gasteiger partial charge in [-0.2, -0.15) is 0 Å². The molecule has 0 unspecified atom stereocenters.